The van der Waals surface area contributed by atoms with Gasteiger partial charge in [0.05, 0.1) is 0 Å². The maximum atomic E-state index is 7.28. The van der Waals surface area contributed by atoms with Crippen molar-refractivity contribution in [3.8, 4) is 90.6 Å². The third-order valence-corrected chi connectivity index (χ3v) is 12.7. The minimum absolute atomic E-state index is 0.159. The largest absolute Gasteiger partial charge is 0.455 e. The van der Waals surface area contributed by atoms with E-state index in [-0.39, 0.29) is 10.8 Å². The van der Waals surface area contributed by atoms with E-state index in [1.54, 1.807) is 0 Å². The van der Waals surface area contributed by atoms with Crippen LogP contribution < -0.4 is 0 Å². The smallest absolute Gasteiger partial charge is 0.164 e. The second-order valence-electron chi connectivity index (χ2n) is 19.6. The lowest BCUT2D eigenvalue weighted by Gasteiger charge is -2.21. The van der Waals surface area contributed by atoms with Crippen molar-refractivity contribution in [1.82, 2.24) is 29.9 Å². The zero-order chi connectivity index (χ0) is 47.3. The summed E-state index contributed by atoms with van der Waals surface area (Å²) in [6.07, 6.45) is 0. The summed E-state index contributed by atoms with van der Waals surface area (Å²) in [5.74, 6) is 3.67. The van der Waals surface area contributed by atoms with E-state index >= 15 is 0 Å². The summed E-state index contributed by atoms with van der Waals surface area (Å²) < 4.78 is 7.28. The first-order valence-electron chi connectivity index (χ1n) is 23.4. The van der Waals surface area contributed by atoms with Crippen LogP contribution in [0, 0.1) is 0 Å². The number of hydrogen-bond donors (Lipinski definition) is 0. The fourth-order valence-electron chi connectivity index (χ4n) is 8.80. The molecule has 334 valence electrons. The molecule has 8 aromatic carbocycles. The zero-order valence-corrected chi connectivity index (χ0v) is 39.6. The van der Waals surface area contributed by atoms with Gasteiger partial charge in [-0.1, -0.05) is 199 Å². The van der Waals surface area contributed by atoms with Crippen molar-refractivity contribution in [2.45, 2.75) is 52.4 Å². The molecule has 11 rings (SSSR count). The molecule has 7 nitrogen and oxygen atoms in total. The van der Waals surface area contributed by atoms with Crippen molar-refractivity contribution in [3.63, 3.8) is 0 Å². The molecule has 3 heterocycles. The molecule has 11 aromatic rings. The van der Waals surface area contributed by atoms with Gasteiger partial charge < -0.3 is 4.42 Å². The normalized spacial score (nSPS) is 11.9. The van der Waals surface area contributed by atoms with E-state index in [1.807, 2.05) is 121 Å². The Morgan fingerprint density at radius 3 is 0.826 bits per heavy atom. The summed E-state index contributed by atoms with van der Waals surface area (Å²) in [6, 6.07) is 66.6. The highest BCUT2D eigenvalue weighted by Crippen LogP contribution is 2.45. The van der Waals surface area contributed by atoms with Crippen LogP contribution in [0.4, 0.5) is 0 Å². The van der Waals surface area contributed by atoms with Crippen LogP contribution in [-0.4, -0.2) is 29.9 Å². The van der Waals surface area contributed by atoms with Crippen molar-refractivity contribution >= 4 is 21.9 Å². The first kappa shape index (κ1) is 43.2. The van der Waals surface area contributed by atoms with Gasteiger partial charge in [0.15, 0.2) is 34.9 Å². The molecule has 0 aliphatic heterocycles. The lowest BCUT2D eigenvalue weighted by molar-refractivity contribution is 0.590. The molecule has 0 amide bonds. The van der Waals surface area contributed by atoms with Crippen LogP contribution in [0.15, 0.2) is 199 Å². The van der Waals surface area contributed by atoms with E-state index in [9.17, 15) is 0 Å². The molecule has 0 atom stereocenters. The van der Waals surface area contributed by atoms with Gasteiger partial charge in [-0.05, 0) is 69.5 Å². The highest BCUT2D eigenvalue weighted by Gasteiger charge is 2.26. The van der Waals surface area contributed by atoms with Gasteiger partial charge in [0.25, 0.3) is 0 Å². The SMILES string of the molecule is CC(C)(C)c1cc(-c2cccc(-c3nc(-c4ccccc4)nc(-c4ccccc4)n3)c2)c2oc3c(-c4cccc(-c5nc(-c6ccccc6)nc(-c6ccccc6)n5)c4)cc(C(C)(C)C)cc3c2c1. The maximum Gasteiger partial charge on any atom is 0.164 e. The quantitative estimate of drug-likeness (QED) is 0.150. The van der Waals surface area contributed by atoms with Crippen LogP contribution >= 0.6 is 0 Å². The summed E-state index contributed by atoms with van der Waals surface area (Å²) in [5.41, 5.74) is 13.2. The van der Waals surface area contributed by atoms with Gasteiger partial charge in [0, 0.05) is 55.3 Å². The van der Waals surface area contributed by atoms with Crippen LogP contribution in [0.3, 0.4) is 0 Å². The van der Waals surface area contributed by atoms with Gasteiger partial charge in [0.2, 0.25) is 0 Å². The maximum absolute atomic E-state index is 7.28. The van der Waals surface area contributed by atoms with Crippen molar-refractivity contribution in [3.05, 3.63) is 205 Å². The Bertz CT molecular complexity index is 3310. The Labute approximate surface area is 402 Å². The molecule has 0 saturated carbocycles. The third kappa shape index (κ3) is 8.60. The molecule has 0 N–H and O–H groups in total. The molecule has 0 fully saturated rings. The second kappa shape index (κ2) is 17.3. The molecule has 0 unspecified atom stereocenters. The Morgan fingerprint density at radius 2 is 0.536 bits per heavy atom. The molecule has 0 radical (unpaired) electrons. The molecule has 0 aliphatic rings. The fourth-order valence-corrected chi connectivity index (χ4v) is 8.80. The van der Waals surface area contributed by atoms with Crippen LogP contribution in [-0.2, 0) is 10.8 Å². The minimum atomic E-state index is -0.159. The summed E-state index contributed by atoms with van der Waals surface area (Å²) in [6.45, 7) is 13.6. The average Bonchev–Trinajstić information content (AvgIpc) is 3.77. The van der Waals surface area contributed by atoms with Crippen molar-refractivity contribution < 1.29 is 4.42 Å². The topological polar surface area (TPSA) is 90.5 Å². The van der Waals surface area contributed by atoms with E-state index in [0.717, 1.165) is 77.6 Å². The zero-order valence-electron chi connectivity index (χ0n) is 39.6. The molecule has 0 saturated heterocycles. The number of rotatable bonds is 8. The van der Waals surface area contributed by atoms with Gasteiger partial charge >= 0.3 is 0 Å². The van der Waals surface area contributed by atoms with Crippen molar-refractivity contribution in [2.24, 2.45) is 0 Å². The summed E-state index contributed by atoms with van der Waals surface area (Å²) in [7, 11) is 0. The minimum Gasteiger partial charge on any atom is -0.455 e. The third-order valence-electron chi connectivity index (χ3n) is 12.7. The monoisotopic (exact) mass is 894 g/mol. The molecule has 0 bridgehead atoms. The Balaban J connectivity index is 1.10. The molecular formula is C62H50N6O. The molecular weight excluding hydrogens is 845 g/mol. The summed E-state index contributed by atoms with van der Waals surface area (Å²) in [4.78, 5) is 30.2. The number of benzene rings is 8. The van der Waals surface area contributed by atoms with Crippen molar-refractivity contribution in [1.29, 1.82) is 0 Å². The number of aromatic nitrogens is 6. The van der Waals surface area contributed by atoms with E-state index < -0.39 is 0 Å². The van der Waals surface area contributed by atoms with Gasteiger partial charge in [-0.15, -0.1) is 0 Å². The van der Waals surface area contributed by atoms with E-state index in [0.29, 0.717) is 34.9 Å². The van der Waals surface area contributed by atoms with Crippen LogP contribution in [0.25, 0.3) is 113 Å². The predicted molar refractivity (Wildman–Crippen MR) is 281 cm³/mol. The Kier molecular flexibility index (Phi) is 10.8. The van der Waals surface area contributed by atoms with Gasteiger partial charge in [-0.2, -0.15) is 0 Å². The van der Waals surface area contributed by atoms with Crippen LogP contribution in [0.1, 0.15) is 52.7 Å². The highest BCUT2D eigenvalue weighted by atomic mass is 16.3. The van der Waals surface area contributed by atoms with Gasteiger partial charge in [-0.25, -0.2) is 29.9 Å². The van der Waals surface area contributed by atoms with Gasteiger partial charge in [-0.3, -0.25) is 0 Å². The summed E-state index contributed by atoms with van der Waals surface area (Å²) >= 11 is 0. The number of hydrogen-bond acceptors (Lipinski definition) is 7. The molecule has 69 heavy (non-hydrogen) atoms. The predicted octanol–water partition coefficient (Wildman–Crippen LogP) is 15.9. The molecule has 7 heteroatoms. The fraction of sp³-hybridized carbons (Fsp3) is 0.129. The Morgan fingerprint density at radius 1 is 0.275 bits per heavy atom. The number of fused-ring (bicyclic) bond motifs is 3. The molecule has 3 aromatic heterocycles. The first-order chi connectivity index (χ1) is 33.4. The number of nitrogens with zero attached hydrogens (tertiary/aromatic N) is 6. The number of furan rings is 1. The molecule has 0 spiro atoms. The van der Waals surface area contributed by atoms with Gasteiger partial charge in [0.1, 0.15) is 11.2 Å². The van der Waals surface area contributed by atoms with Crippen LogP contribution in [0.5, 0.6) is 0 Å². The Hall–Kier alpha value is -8.42. The van der Waals surface area contributed by atoms with Crippen molar-refractivity contribution in [2.75, 3.05) is 0 Å². The lowest BCUT2D eigenvalue weighted by Crippen LogP contribution is -2.11. The summed E-state index contributed by atoms with van der Waals surface area (Å²) in [5, 5.41) is 2.13. The van der Waals surface area contributed by atoms with E-state index in [1.165, 1.54) is 11.1 Å². The van der Waals surface area contributed by atoms with E-state index in [4.69, 9.17) is 34.3 Å². The standard InChI is InChI=1S/C62H50N6O/c1-61(2,3)47-35-49(43-29-19-31-45(33-43)59-65-55(39-21-11-7-12-22-39)63-56(66-59)40-23-13-8-14-24-40)53-51(37-47)52-38-48(62(4,5)6)36-50(54(52)69-53)44-30-20-32-46(34-44)60-67-57(41-25-15-9-16-26-41)64-58(68-60)42-27-17-10-18-28-42/h7-38H,1-6H3. The molecule has 0 aliphatic carbocycles. The highest BCUT2D eigenvalue weighted by molar-refractivity contribution is 6.14. The lowest BCUT2D eigenvalue weighted by atomic mass is 9.82. The first-order valence-corrected chi connectivity index (χ1v) is 23.4. The average molecular weight is 895 g/mol. The van der Waals surface area contributed by atoms with E-state index in [2.05, 4.69) is 114 Å². The van der Waals surface area contributed by atoms with Crippen LogP contribution in [0.2, 0.25) is 0 Å². The second-order valence-corrected chi connectivity index (χ2v) is 19.6.